The molecule has 0 aliphatic heterocycles. The third-order valence-corrected chi connectivity index (χ3v) is 5.48. The highest BCUT2D eigenvalue weighted by Gasteiger charge is 2.32. The van der Waals surface area contributed by atoms with E-state index in [4.69, 9.17) is 0 Å². The van der Waals surface area contributed by atoms with Crippen molar-refractivity contribution in [2.24, 2.45) is 18.4 Å². The van der Waals surface area contributed by atoms with Gasteiger partial charge in [0, 0.05) is 25.5 Å². The lowest BCUT2D eigenvalue weighted by Gasteiger charge is -2.39. The van der Waals surface area contributed by atoms with Crippen molar-refractivity contribution in [2.75, 3.05) is 0 Å². The molecule has 3 nitrogen and oxygen atoms in total. The average Bonchev–Trinajstić information content (AvgIpc) is 2.85. The molecule has 0 spiro atoms. The fourth-order valence-electron chi connectivity index (χ4n) is 3.55. The monoisotopic (exact) mass is 277 g/mol. The first kappa shape index (κ1) is 15.6. The van der Waals surface area contributed by atoms with Crippen molar-refractivity contribution in [1.82, 2.24) is 14.9 Å². The van der Waals surface area contributed by atoms with E-state index >= 15 is 0 Å². The molecule has 0 aromatic carbocycles. The highest BCUT2D eigenvalue weighted by atomic mass is 15.1. The van der Waals surface area contributed by atoms with Gasteiger partial charge in [0.05, 0.1) is 6.04 Å². The molecule has 1 aromatic heterocycles. The Labute approximate surface area is 124 Å². The number of rotatable bonds is 5. The summed E-state index contributed by atoms with van der Waals surface area (Å²) in [6, 6.07) is 1.00. The lowest BCUT2D eigenvalue weighted by Crippen LogP contribution is -2.38. The highest BCUT2D eigenvalue weighted by molar-refractivity contribution is 4.98. The fraction of sp³-hybridized carbons (Fsp3) is 0.824. The van der Waals surface area contributed by atoms with Crippen molar-refractivity contribution in [3.05, 3.63) is 18.2 Å². The minimum Gasteiger partial charge on any atom is -0.337 e. The van der Waals surface area contributed by atoms with E-state index < -0.39 is 0 Å². The maximum absolute atomic E-state index is 4.45. The van der Waals surface area contributed by atoms with Crippen LogP contribution in [-0.2, 0) is 7.05 Å². The van der Waals surface area contributed by atoms with Gasteiger partial charge in [-0.2, -0.15) is 0 Å². The van der Waals surface area contributed by atoms with Gasteiger partial charge in [0.2, 0.25) is 0 Å². The number of hydrogen-bond donors (Lipinski definition) is 1. The summed E-state index contributed by atoms with van der Waals surface area (Å²) in [7, 11) is 2.07. The topological polar surface area (TPSA) is 29.9 Å². The zero-order valence-electron chi connectivity index (χ0n) is 13.8. The molecule has 1 unspecified atom stereocenters. The summed E-state index contributed by atoms with van der Waals surface area (Å²) in [5, 5.41) is 3.77. The Kier molecular flexibility index (Phi) is 4.90. The second-order valence-electron chi connectivity index (χ2n) is 7.18. The van der Waals surface area contributed by atoms with Crippen LogP contribution in [0.2, 0.25) is 0 Å². The number of aryl methyl sites for hydroxylation is 1. The minimum atomic E-state index is 0.343. The van der Waals surface area contributed by atoms with E-state index in [1.54, 1.807) is 0 Å². The summed E-state index contributed by atoms with van der Waals surface area (Å²) in [6.07, 6.45) is 10.5. The maximum Gasteiger partial charge on any atom is 0.125 e. The molecule has 1 aliphatic carbocycles. The Morgan fingerprint density at radius 1 is 1.35 bits per heavy atom. The molecule has 20 heavy (non-hydrogen) atoms. The Balaban J connectivity index is 1.84. The van der Waals surface area contributed by atoms with Gasteiger partial charge >= 0.3 is 0 Å². The van der Waals surface area contributed by atoms with Crippen molar-refractivity contribution in [3.63, 3.8) is 0 Å². The number of nitrogens with zero attached hydrogens (tertiary/aromatic N) is 2. The predicted molar refractivity (Wildman–Crippen MR) is 84.6 cm³/mol. The third kappa shape index (κ3) is 3.43. The first-order chi connectivity index (χ1) is 9.44. The van der Waals surface area contributed by atoms with Crippen LogP contribution in [0.4, 0.5) is 0 Å². The Morgan fingerprint density at radius 2 is 2.00 bits per heavy atom. The van der Waals surface area contributed by atoms with E-state index in [-0.39, 0.29) is 0 Å². The summed E-state index contributed by atoms with van der Waals surface area (Å²) < 4.78 is 2.11. The van der Waals surface area contributed by atoms with E-state index in [9.17, 15) is 0 Å². The molecule has 114 valence electrons. The van der Waals surface area contributed by atoms with E-state index in [2.05, 4.69) is 49.6 Å². The lowest BCUT2D eigenvalue weighted by molar-refractivity contribution is 0.134. The third-order valence-electron chi connectivity index (χ3n) is 5.48. The van der Waals surface area contributed by atoms with Gasteiger partial charge in [-0.3, -0.25) is 0 Å². The predicted octanol–water partition coefficient (Wildman–Crippen LogP) is 4.07. The maximum atomic E-state index is 4.45. The zero-order chi connectivity index (χ0) is 14.8. The van der Waals surface area contributed by atoms with Gasteiger partial charge in [-0.15, -0.1) is 0 Å². The largest absolute Gasteiger partial charge is 0.337 e. The summed E-state index contributed by atoms with van der Waals surface area (Å²) in [5.74, 6) is 2.04. The van der Waals surface area contributed by atoms with Crippen LogP contribution in [0.25, 0.3) is 0 Å². The van der Waals surface area contributed by atoms with E-state index in [0.717, 1.165) is 11.7 Å². The molecule has 1 atom stereocenters. The van der Waals surface area contributed by atoms with Crippen molar-refractivity contribution in [1.29, 1.82) is 0 Å². The molecule has 3 heteroatoms. The van der Waals surface area contributed by atoms with E-state index in [1.165, 1.54) is 32.1 Å². The van der Waals surface area contributed by atoms with Crippen molar-refractivity contribution in [3.8, 4) is 0 Å². The average molecular weight is 277 g/mol. The van der Waals surface area contributed by atoms with Gasteiger partial charge in [0.1, 0.15) is 5.82 Å². The van der Waals surface area contributed by atoms with Gasteiger partial charge in [0.25, 0.3) is 0 Å². The van der Waals surface area contributed by atoms with Gasteiger partial charge < -0.3 is 9.88 Å². The van der Waals surface area contributed by atoms with E-state index in [0.29, 0.717) is 17.5 Å². The van der Waals surface area contributed by atoms with Crippen LogP contribution >= 0.6 is 0 Å². The molecule has 2 rings (SSSR count). The molecular weight excluding hydrogens is 246 g/mol. The smallest absolute Gasteiger partial charge is 0.125 e. The van der Waals surface area contributed by atoms with Crippen LogP contribution in [-0.4, -0.2) is 15.6 Å². The van der Waals surface area contributed by atoms with Crippen LogP contribution in [0, 0.1) is 11.3 Å². The molecular formula is C17H31N3. The van der Waals surface area contributed by atoms with Gasteiger partial charge in [-0.25, -0.2) is 4.98 Å². The highest BCUT2D eigenvalue weighted by Crippen LogP contribution is 2.40. The molecule has 1 heterocycles. The van der Waals surface area contributed by atoms with Crippen molar-refractivity contribution in [2.45, 2.75) is 71.9 Å². The normalized spacial score (nSPS) is 25.6. The number of hydrogen-bond acceptors (Lipinski definition) is 2. The quantitative estimate of drug-likeness (QED) is 0.879. The number of aromatic nitrogens is 2. The molecule has 1 saturated carbocycles. The number of nitrogens with one attached hydrogen (secondary N) is 1. The second-order valence-corrected chi connectivity index (χ2v) is 7.18. The molecule has 0 amide bonds. The molecule has 1 aliphatic rings. The molecule has 1 N–H and O–H groups in total. The lowest BCUT2D eigenvalue weighted by atomic mass is 9.69. The molecule has 0 radical (unpaired) electrons. The minimum absolute atomic E-state index is 0.343. The fourth-order valence-corrected chi connectivity index (χ4v) is 3.55. The SMILES string of the molecule is CCC(C)(C)C1CCC(NC(C)c2nccn2C)CC1. The van der Waals surface area contributed by atoms with Gasteiger partial charge in [-0.1, -0.05) is 27.2 Å². The summed E-state index contributed by atoms with van der Waals surface area (Å²) in [6.45, 7) is 9.42. The second kappa shape index (κ2) is 6.30. The molecule has 1 fully saturated rings. The van der Waals surface area contributed by atoms with Crippen LogP contribution < -0.4 is 5.32 Å². The molecule has 0 saturated heterocycles. The Hall–Kier alpha value is -0.830. The summed E-state index contributed by atoms with van der Waals surface area (Å²) >= 11 is 0. The summed E-state index contributed by atoms with van der Waals surface area (Å²) in [4.78, 5) is 4.45. The van der Waals surface area contributed by atoms with Gasteiger partial charge in [-0.05, 0) is 43.9 Å². The van der Waals surface area contributed by atoms with E-state index in [1.807, 2.05) is 12.4 Å². The van der Waals surface area contributed by atoms with Crippen LogP contribution in [0.15, 0.2) is 12.4 Å². The van der Waals surface area contributed by atoms with Crippen LogP contribution in [0.1, 0.15) is 71.7 Å². The standard InChI is InChI=1S/C17H31N3/c1-6-17(3,4)14-7-9-15(10-8-14)19-13(2)16-18-11-12-20(16)5/h11-15,19H,6-10H2,1-5H3. The molecule has 0 bridgehead atoms. The van der Waals surface area contributed by atoms with Crippen LogP contribution in [0.3, 0.4) is 0 Å². The molecule has 1 aromatic rings. The Morgan fingerprint density at radius 3 is 2.50 bits per heavy atom. The zero-order valence-corrected chi connectivity index (χ0v) is 13.8. The Bertz CT molecular complexity index is 414. The van der Waals surface area contributed by atoms with Crippen LogP contribution in [0.5, 0.6) is 0 Å². The number of imidazole rings is 1. The first-order valence-electron chi connectivity index (χ1n) is 8.17. The van der Waals surface area contributed by atoms with Gasteiger partial charge in [0.15, 0.2) is 0 Å². The van der Waals surface area contributed by atoms with Crippen molar-refractivity contribution >= 4 is 0 Å². The first-order valence-corrected chi connectivity index (χ1v) is 8.17. The summed E-state index contributed by atoms with van der Waals surface area (Å²) in [5.41, 5.74) is 0.510. The van der Waals surface area contributed by atoms with Crippen molar-refractivity contribution < 1.29 is 0 Å².